The average molecular weight is 386 g/mol. The third-order valence-electron chi connectivity index (χ3n) is 5.63. The molecule has 0 aliphatic carbocycles. The number of rotatable bonds is 7. The Hall–Kier alpha value is -2.12. The molecule has 0 radical (unpaired) electrons. The molecular weight excluding hydrogens is 354 g/mol. The molecule has 2 fully saturated rings. The van der Waals surface area contributed by atoms with Crippen molar-refractivity contribution in [3.63, 3.8) is 0 Å². The first kappa shape index (κ1) is 19.2. The van der Waals surface area contributed by atoms with E-state index >= 15 is 0 Å². The molecule has 0 amide bonds. The highest BCUT2D eigenvalue weighted by Crippen LogP contribution is 2.33. The monoisotopic (exact) mass is 385 g/mol. The summed E-state index contributed by atoms with van der Waals surface area (Å²) in [6, 6.07) is 4.01. The number of aryl methyl sites for hydroxylation is 1. The van der Waals surface area contributed by atoms with Crippen LogP contribution in [0.4, 0.5) is 5.95 Å². The van der Waals surface area contributed by atoms with Gasteiger partial charge in [-0.3, -0.25) is 0 Å². The van der Waals surface area contributed by atoms with Crippen LogP contribution in [0.25, 0.3) is 10.9 Å². The molecule has 0 bridgehead atoms. The van der Waals surface area contributed by atoms with Crippen LogP contribution in [-0.4, -0.2) is 74.4 Å². The van der Waals surface area contributed by atoms with Crippen molar-refractivity contribution in [1.82, 2.24) is 20.2 Å². The van der Waals surface area contributed by atoms with Crippen LogP contribution in [-0.2, 0) is 0 Å². The average Bonchev–Trinajstić information content (AvgIpc) is 3.25. The van der Waals surface area contributed by atoms with Crippen molar-refractivity contribution in [2.24, 2.45) is 0 Å². The van der Waals surface area contributed by atoms with Crippen LogP contribution in [0.1, 0.15) is 25.0 Å². The van der Waals surface area contributed by atoms with Gasteiger partial charge in [-0.25, -0.2) is 9.97 Å². The number of hydrogen-bond acceptors (Lipinski definition) is 7. The maximum absolute atomic E-state index is 6.09. The Bertz CT molecular complexity index is 801. The minimum Gasteiger partial charge on any atom is -0.493 e. The number of benzene rings is 1. The van der Waals surface area contributed by atoms with Gasteiger partial charge in [-0.1, -0.05) is 0 Å². The van der Waals surface area contributed by atoms with Crippen LogP contribution in [0.2, 0.25) is 0 Å². The predicted octanol–water partition coefficient (Wildman–Crippen LogP) is 2.22. The lowest BCUT2D eigenvalue weighted by Gasteiger charge is -2.27. The fourth-order valence-corrected chi connectivity index (χ4v) is 4.03. The highest BCUT2D eigenvalue weighted by atomic mass is 16.5. The Kier molecular flexibility index (Phi) is 6.12. The van der Waals surface area contributed by atoms with E-state index in [0.717, 1.165) is 73.2 Å². The molecule has 28 heavy (non-hydrogen) atoms. The van der Waals surface area contributed by atoms with E-state index in [1.807, 2.05) is 19.1 Å². The molecule has 1 N–H and O–H groups in total. The molecule has 1 aromatic carbocycles. The summed E-state index contributed by atoms with van der Waals surface area (Å²) >= 11 is 0. The summed E-state index contributed by atoms with van der Waals surface area (Å²) < 4.78 is 11.7. The number of methoxy groups -OCH3 is 1. The molecule has 152 valence electrons. The lowest BCUT2D eigenvalue weighted by molar-refractivity contribution is 0.254. The quantitative estimate of drug-likeness (QED) is 0.733. The first-order chi connectivity index (χ1) is 13.7. The van der Waals surface area contributed by atoms with Crippen molar-refractivity contribution in [2.45, 2.75) is 26.2 Å². The van der Waals surface area contributed by atoms with E-state index in [9.17, 15) is 0 Å². The topological polar surface area (TPSA) is 62.8 Å². The molecule has 1 aromatic heterocycles. The lowest BCUT2D eigenvalue weighted by Crippen LogP contribution is -2.44. The maximum Gasteiger partial charge on any atom is 0.226 e. The standard InChI is InChI=1S/C21H31N5O2/c1-16-17-14-19(27-2)20(28-13-5-10-25-8-3-4-9-25)15-18(17)24-21(23-16)26-11-6-22-7-12-26/h14-15,22H,3-13H2,1-2H3. The summed E-state index contributed by atoms with van der Waals surface area (Å²) in [5.41, 5.74) is 1.88. The first-order valence-corrected chi connectivity index (χ1v) is 10.4. The van der Waals surface area contributed by atoms with Gasteiger partial charge in [-0.2, -0.15) is 0 Å². The van der Waals surface area contributed by atoms with E-state index in [1.54, 1.807) is 7.11 Å². The molecular formula is C21H31N5O2. The van der Waals surface area contributed by atoms with Crippen molar-refractivity contribution >= 4 is 16.9 Å². The SMILES string of the molecule is COc1cc2c(C)nc(N3CCNCC3)nc2cc1OCCCN1CCCC1. The van der Waals surface area contributed by atoms with Gasteiger partial charge in [0.05, 0.1) is 24.9 Å². The normalized spacial score (nSPS) is 18.0. The van der Waals surface area contributed by atoms with Crippen molar-refractivity contribution in [3.05, 3.63) is 17.8 Å². The van der Waals surface area contributed by atoms with Gasteiger partial charge in [0.15, 0.2) is 11.5 Å². The Morgan fingerprint density at radius 1 is 1.04 bits per heavy atom. The second kappa shape index (κ2) is 8.92. The summed E-state index contributed by atoms with van der Waals surface area (Å²) in [6.07, 6.45) is 3.68. The van der Waals surface area contributed by atoms with E-state index < -0.39 is 0 Å². The number of piperazine rings is 1. The molecule has 0 unspecified atom stereocenters. The Morgan fingerprint density at radius 2 is 1.82 bits per heavy atom. The largest absolute Gasteiger partial charge is 0.493 e. The Balaban J connectivity index is 1.51. The van der Waals surface area contributed by atoms with E-state index in [1.165, 1.54) is 25.9 Å². The number of nitrogens with one attached hydrogen (secondary N) is 1. The number of hydrogen-bond donors (Lipinski definition) is 1. The van der Waals surface area contributed by atoms with Crippen LogP contribution in [0.5, 0.6) is 11.5 Å². The summed E-state index contributed by atoms with van der Waals surface area (Å²) in [5, 5.41) is 4.39. The second-order valence-electron chi connectivity index (χ2n) is 7.62. The van der Waals surface area contributed by atoms with Crippen molar-refractivity contribution < 1.29 is 9.47 Å². The fraction of sp³-hybridized carbons (Fsp3) is 0.619. The number of ether oxygens (including phenoxy) is 2. The van der Waals surface area contributed by atoms with Gasteiger partial charge in [-0.15, -0.1) is 0 Å². The zero-order valence-electron chi connectivity index (χ0n) is 17.0. The molecule has 3 heterocycles. The van der Waals surface area contributed by atoms with Crippen LogP contribution < -0.4 is 19.7 Å². The van der Waals surface area contributed by atoms with Gasteiger partial charge in [0.25, 0.3) is 0 Å². The van der Waals surface area contributed by atoms with Gasteiger partial charge in [0.2, 0.25) is 5.95 Å². The Morgan fingerprint density at radius 3 is 2.57 bits per heavy atom. The maximum atomic E-state index is 6.09. The van der Waals surface area contributed by atoms with E-state index in [2.05, 4.69) is 15.1 Å². The number of anilines is 1. The van der Waals surface area contributed by atoms with E-state index in [0.29, 0.717) is 6.61 Å². The zero-order chi connectivity index (χ0) is 19.3. The van der Waals surface area contributed by atoms with Gasteiger partial charge < -0.3 is 24.6 Å². The van der Waals surface area contributed by atoms with Crippen LogP contribution >= 0.6 is 0 Å². The number of fused-ring (bicyclic) bond motifs is 1. The zero-order valence-corrected chi connectivity index (χ0v) is 17.0. The van der Waals surface area contributed by atoms with Crippen LogP contribution in [0, 0.1) is 6.92 Å². The van der Waals surface area contributed by atoms with E-state index in [-0.39, 0.29) is 0 Å². The van der Waals surface area contributed by atoms with Crippen LogP contribution in [0.15, 0.2) is 12.1 Å². The number of likely N-dealkylation sites (tertiary alicyclic amines) is 1. The molecule has 0 spiro atoms. The predicted molar refractivity (Wildman–Crippen MR) is 112 cm³/mol. The molecule has 7 nitrogen and oxygen atoms in total. The lowest BCUT2D eigenvalue weighted by atomic mass is 10.1. The molecule has 4 rings (SSSR count). The van der Waals surface area contributed by atoms with Crippen molar-refractivity contribution in [3.8, 4) is 11.5 Å². The summed E-state index contributed by atoms with van der Waals surface area (Å²) in [7, 11) is 1.68. The smallest absolute Gasteiger partial charge is 0.226 e. The van der Waals surface area contributed by atoms with Gasteiger partial charge in [0, 0.05) is 44.2 Å². The molecule has 2 aromatic rings. The van der Waals surface area contributed by atoms with Crippen molar-refractivity contribution in [1.29, 1.82) is 0 Å². The number of aromatic nitrogens is 2. The summed E-state index contributed by atoms with van der Waals surface area (Å²) in [6.45, 7) is 10.1. The minimum atomic E-state index is 0.688. The van der Waals surface area contributed by atoms with Gasteiger partial charge >= 0.3 is 0 Å². The summed E-state index contributed by atoms with van der Waals surface area (Å²) in [5.74, 6) is 2.31. The van der Waals surface area contributed by atoms with Gasteiger partial charge in [-0.05, 0) is 45.3 Å². The molecule has 7 heteroatoms. The van der Waals surface area contributed by atoms with Crippen molar-refractivity contribution in [2.75, 3.05) is 64.4 Å². The molecule has 2 aliphatic heterocycles. The molecule has 2 saturated heterocycles. The summed E-state index contributed by atoms with van der Waals surface area (Å²) in [4.78, 5) is 14.3. The first-order valence-electron chi connectivity index (χ1n) is 10.4. The highest BCUT2D eigenvalue weighted by molar-refractivity contribution is 5.85. The minimum absolute atomic E-state index is 0.688. The second-order valence-corrected chi connectivity index (χ2v) is 7.62. The van der Waals surface area contributed by atoms with E-state index in [4.69, 9.17) is 19.4 Å². The Labute approximate surface area is 167 Å². The third kappa shape index (κ3) is 4.31. The van der Waals surface area contributed by atoms with Crippen LogP contribution in [0.3, 0.4) is 0 Å². The molecule has 2 aliphatic rings. The third-order valence-corrected chi connectivity index (χ3v) is 5.63. The highest BCUT2D eigenvalue weighted by Gasteiger charge is 2.17. The fourth-order valence-electron chi connectivity index (χ4n) is 4.03. The molecule has 0 saturated carbocycles. The molecule has 0 atom stereocenters. The number of nitrogens with zero attached hydrogens (tertiary/aromatic N) is 4. The van der Waals surface area contributed by atoms with Gasteiger partial charge in [0.1, 0.15) is 0 Å².